The summed E-state index contributed by atoms with van der Waals surface area (Å²) in [6.45, 7) is 0. The predicted octanol–water partition coefficient (Wildman–Crippen LogP) is -3.29. The van der Waals surface area contributed by atoms with Gasteiger partial charge < -0.3 is 43.2 Å². The first kappa shape index (κ1) is 30.4. The highest BCUT2D eigenvalue weighted by atomic mass is 32.2. The largest absolute Gasteiger partial charge is 0.480 e. The monoisotopic (exact) mass is 528 g/mol. The molecule has 1 rings (SSSR count). The third-order valence-electron chi connectivity index (χ3n) is 4.91. The molecule has 0 fully saturated rings. The summed E-state index contributed by atoms with van der Waals surface area (Å²) in [7, 11) is 0. The number of nitrogens with one attached hydrogen (secondary N) is 4. The molecule has 0 spiro atoms. The van der Waals surface area contributed by atoms with E-state index in [0.717, 1.165) is 0 Å². The molecule has 0 aliphatic rings. The highest BCUT2D eigenvalue weighted by molar-refractivity contribution is 7.98. The molecule has 1 aromatic heterocycles. The average molecular weight is 529 g/mol. The number of carbonyl (C=O) groups is 6. The van der Waals surface area contributed by atoms with E-state index >= 15 is 0 Å². The summed E-state index contributed by atoms with van der Waals surface area (Å²) in [6.07, 6.45) is 3.89. The normalized spacial score (nSPS) is 14.1. The van der Waals surface area contributed by atoms with Gasteiger partial charge in [-0.2, -0.15) is 11.8 Å². The van der Waals surface area contributed by atoms with E-state index in [0.29, 0.717) is 11.4 Å². The maximum Gasteiger partial charge on any atom is 0.326 e. The summed E-state index contributed by atoms with van der Waals surface area (Å²) in [5.74, 6) is -4.86. The summed E-state index contributed by atoms with van der Waals surface area (Å²) >= 11 is 1.42. The Labute approximate surface area is 211 Å². The van der Waals surface area contributed by atoms with Gasteiger partial charge in [-0.05, 0) is 24.9 Å². The number of rotatable bonds is 17. The SMILES string of the molecule is CSCCC(NC(=O)C(N)CCC(N)=O)C(=O)NC(Cc1cnc[nH]1)C(=O)NC(CC(N)=O)C(=O)O. The molecule has 4 atom stereocenters. The van der Waals surface area contributed by atoms with E-state index in [1.165, 1.54) is 24.3 Å². The minimum absolute atomic E-state index is 0.0146. The zero-order valence-electron chi connectivity index (χ0n) is 19.7. The predicted molar refractivity (Wildman–Crippen MR) is 129 cm³/mol. The number of imidazole rings is 1. The Hall–Kier alpha value is -3.66. The van der Waals surface area contributed by atoms with Gasteiger partial charge in [0.2, 0.25) is 29.5 Å². The lowest BCUT2D eigenvalue weighted by atomic mass is 10.1. The number of nitrogens with two attached hydrogens (primary N) is 3. The highest BCUT2D eigenvalue weighted by Gasteiger charge is 2.31. The number of hydrogen-bond acceptors (Lipinski definition) is 9. The van der Waals surface area contributed by atoms with Gasteiger partial charge in [0, 0.05) is 24.7 Å². The van der Waals surface area contributed by atoms with E-state index in [9.17, 15) is 33.9 Å². The van der Waals surface area contributed by atoms with Crippen LogP contribution in [0.2, 0.25) is 0 Å². The fraction of sp³-hybridized carbons (Fsp3) is 0.550. The van der Waals surface area contributed by atoms with Crippen molar-refractivity contribution in [2.45, 2.75) is 56.3 Å². The van der Waals surface area contributed by atoms with Gasteiger partial charge in [0.15, 0.2) is 0 Å². The van der Waals surface area contributed by atoms with E-state index in [4.69, 9.17) is 17.2 Å². The van der Waals surface area contributed by atoms with Crippen molar-refractivity contribution in [1.82, 2.24) is 25.9 Å². The zero-order valence-corrected chi connectivity index (χ0v) is 20.5. The fourth-order valence-electron chi connectivity index (χ4n) is 2.98. The van der Waals surface area contributed by atoms with Crippen LogP contribution in [0.25, 0.3) is 0 Å². The van der Waals surface area contributed by atoms with E-state index in [2.05, 4.69) is 25.9 Å². The maximum absolute atomic E-state index is 13.1. The Kier molecular flexibility index (Phi) is 13.0. The molecule has 0 saturated carbocycles. The quantitative estimate of drug-likeness (QED) is 0.0998. The van der Waals surface area contributed by atoms with Crippen molar-refractivity contribution in [3.63, 3.8) is 0 Å². The number of carbonyl (C=O) groups excluding carboxylic acids is 5. The van der Waals surface area contributed by atoms with Crippen LogP contribution in [0.1, 0.15) is 31.4 Å². The maximum atomic E-state index is 13.1. The molecule has 0 radical (unpaired) electrons. The number of aliphatic carboxylic acids is 1. The Morgan fingerprint density at radius 3 is 2.11 bits per heavy atom. The van der Waals surface area contributed by atoms with Crippen LogP contribution in [0.5, 0.6) is 0 Å². The first-order valence-electron chi connectivity index (χ1n) is 10.9. The number of aromatic nitrogens is 2. The first-order valence-corrected chi connectivity index (χ1v) is 12.3. The molecule has 200 valence electrons. The van der Waals surface area contributed by atoms with Crippen molar-refractivity contribution in [2.24, 2.45) is 17.2 Å². The Bertz CT molecular complexity index is 927. The molecule has 36 heavy (non-hydrogen) atoms. The molecule has 0 aliphatic carbocycles. The lowest BCUT2D eigenvalue weighted by Gasteiger charge is -2.25. The molecule has 0 aromatic carbocycles. The second kappa shape index (κ2) is 15.4. The van der Waals surface area contributed by atoms with Gasteiger partial charge in [-0.15, -0.1) is 0 Å². The van der Waals surface area contributed by atoms with Crippen molar-refractivity contribution in [3.05, 3.63) is 18.2 Å². The van der Waals surface area contributed by atoms with Crippen LogP contribution in [-0.4, -0.2) is 86.8 Å². The first-order chi connectivity index (χ1) is 16.9. The van der Waals surface area contributed by atoms with Gasteiger partial charge in [-0.1, -0.05) is 0 Å². The van der Waals surface area contributed by atoms with Crippen molar-refractivity contribution in [2.75, 3.05) is 12.0 Å². The molecule has 1 aromatic rings. The van der Waals surface area contributed by atoms with Gasteiger partial charge in [0.05, 0.1) is 18.8 Å². The summed E-state index contributed by atoms with van der Waals surface area (Å²) < 4.78 is 0. The molecule has 5 amide bonds. The molecule has 1 heterocycles. The van der Waals surface area contributed by atoms with E-state index in [-0.39, 0.29) is 25.7 Å². The third kappa shape index (κ3) is 11.2. The minimum Gasteiger partial charge on any atom is -0.480 e. The molecular formula is C20H32N8O7S. The van der Waals surface area contributed by atoms with Crippen LogP contribution in [0.4, 0.5) is 0 Å². The van der Waals surface area contributed by atoms with Crippen LogP contribution < -0.4 is 33.2 Å². The van der Waals surface area contributed by atoms with Crippen LogP contribution >= 0.6 is 11.8 Å². The number of carboxylic acid groups (broad SMARTS) is 1. The molecular weight excluding hydrogens is 496 g/mol. The summed E-state index contributed by atoms with van der Waals surface area (Å²) in [5.41, 5.74) is 16.4. The summed E-state index contributed by atoms with van der Waals surface area (Å²) in [5, 5.41) is 16.5. The Morgan fingerprint density at radius 1 is 0.972 bits per heavy atom. The van der Waals surface area contributed by atoms with Crippen molar-refractivity contribution in [3.8, 4) is 0 Å². The molecule has 4 unspecified atom stereocenters. The minimum atomic E-state index is -1.61. The molecule has 15 nitrogen and oxygen atoms in total. The average Bonchev–Trinajstić information content (AvgIpc) is 3.31. The fourth-order valence-corrected chi connectivity index (χ4v) is 3.45. The van der Waals surface area contributed by atoms with E-state index < -0.39 is 66.1 Å². The molecule has 11 N–H and O–H groups in total. The van der Waals surface area contributed by atoms with E-state index in [1.54, 1.807) is 6.26 Å². The van der Waals surface area contributed by atoms with Crippen LogP contribution in [-0.2, 0) is 35.2 Å². The van der Waals surface area contributed by atoms with Crippen LogP contribution in [0, 0.1) is 0 Å². The van der Waals surface area contributed by atoms with Crippen molar-refractivity contribution in [1.29, 1.82) is 0 Å². The van der Waals surface area contributed by atoms with E-state index in [1.807, 2.05) is 0 Å². The standard InChI is InChI=1S/C20H32N8O7S/c1-36-5-4-12(26-17(31)11(21)2-3-15(22)29)18(32)27-13(6-10-8-24-9-25-10)19(33)28-14(20(34)35)7-16(23)30/h8-9,11-14H,2-7,21H2,1H3,(H2,22,29)(H2,23,30)(H,24,25)(H,26,31)(H,27,32)(H,28,33)(H,34,35). The number of thioether (sulfide) groups is 1. The number of aromatic amines is 1. The molecule has 0 saturated heterocycles. The second-order valence-electron chi connectivity index (χ2n) is 7.87. The Morgan fingerprint density at radius 2 is 1.58 bits per heavy atom. The van der Waals surface area contributed by atoms with Gasteiger partial charge in [0.25, 0.3) is 0 Å². The number of H-pyrrole nitrogens is 1. The number of amides is 5. The lowest BCUT2D eigenvalue weighted by molar-refractivity contribution is -0.143. The van der Waals surface area contributed by atoms with Crippen molar-refractivity contribution < 1.29 is 33.9 Å². The highest BCUT2D eigenvalue weighted by Crippen LogP contribution is 2.06. The smallest absolute Gasteiger partial charge is 0.326 e. The summed E-state index contributed by atoms with van der Waals surface area (Å²) in [4.78, 5) is 78.6. The van der Waals surface area contributed by atoms with Gasteiger partial charge in [0.1, 0.15) is 18.1 Å². The molecule has 0 aliphatic heterocycles. The van der Waals surface area contributed by atoms with Crippen LogP contribution in [0.15, 0.2) is 12.5 Å². The Balaban J connectivity index is 3.03. The van der Waals surface area contributed by atoms with Gasteiger partial charge >= 0.3 is 5.97 Å². The lowest BCUT2D eigenvalue weighted by Crippen LogP contribution is -2.58. The zero-order chi connectivity index (χ0) is 27.3. The second-order valence-corrected chi connectivity index (χ2v) is 8.85. The van der Waals surface area contributed by atoms with Crippen LogP contribution in [0.3, 0.4) is 0 Å². The van der Waals surface area contributed by atoms with Gasteiger partial charge in [-0.25, -0.2) is 9.78 Å². The molecule has 0 bridgehead atoms. The number of carboxylic acids is 1. The number of hydrogen-bond donors (Lipinski definition) is 8. The third-order valence-corrected chi connectivity index (χ3v) is 5.56. The number of nitrogens with zero attached hydrogens (tertiary/aromatic N) is 1. The number of primary amides is 2. The molecule has 16 heteroatoms. The topological polar surface area (TPSA) is 265 Å². The summed E-state index contributed by atoms with van der Waals surface area (Å²) in [6, 6.07) is -5.06. The van der Waals surface area contributed by atoms with Crippen molar-refractivity contribution >= 4 is 47.3 Å². The van der Waals surface area contributed by atoms with Gasteiger partial charge in [-0.3, -0.25) is 24.0 Å².